The highest BCUT2D eigenvalue weighted by molar-refractivity contribution is 7.89. The topological polar surface area (TPSA) is 94.8 Å². The zero-order chi connectivity index (χ0) is 21.8. The van der Waals surface area contributed by atoms with Gasteiger partial charge in [-0.2, -0.15) is 4.31 Å². The Hall–Kier alpha value is -2.91. The highest BCUT2D eigenvalue weighted by atomic mass is 32.2. The predicted octanol–water partition coefficient (Wildman–Crippen LogP) is 3.71. The standard InChI is InChI=1S/C22H25N3O5S/c1-3-29-19-10-12-20(13-11-19)31(26,27)25-14-4-5-17(15-25)22-24-23-21(30-22)16-6-8-18(28-2)9-7-16/h6-13,17H,3-5,14-15H2,1-2H3/t17-/m1/s1. The molecule has 1 fully saturated rings. The number of hydrogen-bond donors (Lipinski definition) is 0. The molecule has 0 N–H and O–H groups in total. The zero-order valence-electron chi connectivity index (χ0n) is 17.5. The summed E-state index contributed by atoms with van der Waals surface area (Å²) in [6, 6.07) is 13.9. The second kappa shape index (κ2) is 9.07. The van der Waals surface area contributed by atoms with Crippen molar-refractivity contribution in [2.24, 2.45) is 0 Å². The van der Waals surface area contributed by atoms with E-state index >= 15 is 0 Å². The van der Waals surface area contributed by atoms with Crippen LogP contribution in [-0.4, -0.2) is 49.7 Å². The smallest absolute Gasteiger partial charge is 0.247 e. The fourth-order valence-corrected chi connectivity index (χ4v) is 5.16. The Morgan fingerprint density at radius 2 is 1.77 bits per heavy atom. The van der Waals surface area contributed by atoms with Crippen LogP contribution in [0.25, 0.3) is 11.5 Å². The maximum absolute atomic E-state index is 13.1. The highest BCUT2D eigenvalue weighted by Gasteiger charge is 2.33. The van der Waals surface area contributed by atoms with Gasteiger partial charge in [0.1, 0.15) is 11.5 Å². The summed E-state index contributed by atoms with van der Waals surface area (Å²) in [5.74, 6) is 2.10. The molecule has 8 nitrogen and oxygen atoms in total. The minimum Gasteiger partial charge on any atom is -0.497 e. The molecule has 0 saturated carbocycles. The third-order valence-corrected chi connectivity index (χ3v) is 7.16. The molecule has 2 heterocycles. The average Bonchev–Trinajstić information content (AvgIpc) is 3.30. The Bertz CT molecular complexity index is 1110. The Balaban J connectivity index is 1.50. The summed E-state index contributed by atoms with van der Waals surface area (Å²) in [4.78, 5) is 0.251. The lowest BCUT2D eigenvalue weighted by Gasteiger charge is -2.30. The van der Waals surface area contributed by atoms with Crippen LogP contribution in [0, 0.1) is 0 Å². The molecule has 1 saturated heterocycles. The van der Waals surface area contributed by atoms with Crippen LogP contribution in [0.3, 0.4) is 0 Å². The van der Waals surface area contributed by atoms with Gasteiger partial charge in [0.05, 0.1) is 24.5 Å². The molecular formula is C22H25N3O5S. The van der Waals surface area contributed by atoms with E-state index in [1.54, 1.807) is 31.4 Å². The minimum absolute atomic E-state index is 0.147. The number of nitrogens with zero attached hydrogens (tertiary/aromatic N) is 3. The maximum atomic E-state index is 13.1. The second-order valence-corrected chi connectivity index (χ2v) is 9.22. The lowest BCUT2D eigenvalue weighted by Crippen LogP contribution is -2.39. The monoisotopic (exact) mass is 443 g/mol. The molecule has 0 amide bonds. The van der Waals surface area contributed by atoms with Crippen LogP contribution in [-0.2, 0) is 10.0 Å². The summed E-state index contributed by atoms with van der Waals surface area (Å²) in [5, 5.41) is 8.34. The average molecular weight is 444 g/mol. The van der Waals surface area contributed by atoms with Crippen molar-refractivity contribution in [2.75, 3.05) is 26.8 Å². The minimum atomic E-state index is -3.61. The van der Waals surface area contributed by atoms with Crippen molar-refractivity contribution in [2.45, 2.75) is 30.6 Å². The maximum Gasteiger partial charge on any atom is 0.247 e. The van der Waals surface area contributed by atoms with Gasteiger partial charge in [-0.1, -0.05) is 0 Å². The van der Waals surface area contributed by atoms with Crippen LogP contribution in [0.4, 0.5) is 0 Å². The van der Waals surface area contributed by atoms with Gasteiger partial charge in [0, 0.05) is 18.7 Å². The van der Waals surface area contributed by atoms with Crippen molar-refractivity contribution in [1.29, 1.82) is 0 Å². The Morgan fingerprint density at radius 1 is 1.06 bits per heavy atom. The van der Waals surface area contributed by atoms with Crippen LogP contribution in [0.1, 0.15) is 31.6 Å². The molecule has 164 valence electrons. The molecule has 1 aliphatic rings. The van der Waals surface area contributed by atoms with Gasteiger partial charge in [-0.15, -0.1) is 10.2 Å². The molecular weight excluding hydrogens is 418 g/mol. The number of piperidine rings is 1. The Morgan fingerprint density at radius 3 is 2.45 bits per heavy atom. The molecule has 0 spiro atoms. The third-order valence-electron chi connectivity index (χ3n) is 5.28. The van der Waals surface area contributed by atoms with Crippen molar-refractivity contribution in [3.8, 4) is 23.0 Å². The van der Waals surface area contributed by atoms with E-state index in [-0.39, 0.29) is 10.8 Å². The van der Waals surface area contributed by atoms with Gasteiger partial charge in [0.25, 0.3) is 0 Å². The zero-order valence-corrected chi connectivity index (χ0v) is 18.3. The summed E-state index contributed by atoms with van der Waals surface area (Å²) in [7, 11) is -2.01. The number of benzene rings is 2. The quantitative estimate of drug-likeness (QED) is 0.549. The summed E-state index contributed by atoms with van der Waals surface area (Å²) in [6.07, 6.45) is 1.51. The molecule has 2 aromatic carbocycles. The first-order valence-electron chi connectivity index (χ1n) is 10.2. The summed E-state index contributed by atoms with van der Waals surface area (Å²) in [6.45, 7) is 3.18. The normalized spacial score (nSPS) is 17.4. The SMILES string of the molecule is CCOc1ccc(S(=O)(=O)N2CCC[C@@H](c3nnc(-c4ccc(OC)cc4)o3)C2)cc1. The van der Waals surface area contributed by atoms with E-state index in [1.165, 1.54) is 4.31 Å². The van der Waals surface area contributed by atoms with Crippen LogP contribution in [0.15, 0.2) is 57.8 Å². The first-order chi connectivity index (χ1) is 15.0. The molecule has 0 unspecified atom stereocenters. The highest BCUT2D eigenvalue weighted by Crippen LogP contribution is 2.32. The summed E-state index contributed by atoms with van der Waals surface area (Å²) in [5.41, 5.74) is 0.786. The van der Waals surface area contributed by atoms with Gasteiger partial charge in [-0.05, 0) is 68.3 Å². The second-order valence-electron chi connectivity index (χ2n) is 7.28. The molecule has 0 bridgehead atoms. The number of aromatic nitrogens is 2. The van der Waals surface area contributed by atoms with Gasteiger partial charge < -0.3 is 13.9 Å². The van der Waals surface area contributed by atoms with Crippen LogP contribution in [0.2, 0.25) is 0 Å². The van der Waals surface area contributed by atoms with Crippen LogP contribution < -0.4 is 9.47 Å². The van der Waals surface area contributed by atoms with E-state index in [4.69, 9.17) is 13.9 Å². The van der Waals surface area contributed by atoms with Gasteiger partial charge in [0.15, 0.2) is 0 Å². The fraction of sp³-hybridized carbons (Fsp3) is 0.364. The summed E-state index contributed by atoms with van der Waals surface area (Å²) >= 11 is 0. The van der Waals surface area contributed by atoms with Gasteiger partial charge in [-0.3, -0.25) is 0 Å². The Labute approximate surface area is 181 Å². The molecule has 0 aliphatic carbocycles. The van der Waals surface area contributed by atoms with E-state index in [1.807, 2.05) is 31.2 Å². The number of methoxy groups -OCH3 is 1. The van der Waals surface area contributed by atoms with Gasteiger partial charge >= 0.3 is 0 Å². The van der Waals surface area contributed by atoms with Crippen molar-refractivity contribution in [3.05, 3.63) is 54.4 Å². The van der Waals surface area contributed by atoms with Crippen molar-refractivity contribution >= 4 is 10.0 Å². The fourth-order valence-electron chi connectivity index (χ4n) is 3.64. The largest absolute Gasteiger partial charge is 0.497 e. The molecule has 3 aromatic rings. The van der Waals surface area contributed by atoms with Crippen molar-refractivity contribution < 1.29 is 22.3 Å². The number of ether oxygens (including phenoxy) is 2. The summed E-state index contributed by atoms with van der Waals surface area (Å²) < 4.78 is 44.2. The van der Waals surface area contributed by atoms with Crippen LogP contribution in [0.5, 0.6) is 11.5 Å². The number of rotatable bonds is 7. The lowest BCUT2D eigenvalue weighted by molar-refractivity contribution is 0.286. The molecule has 1 aromatic heterocycles. The van der Waals surface area contributed by atoms with Gasteiger partial charge in [-0.25, -0.2) is 8.42 Å². The molecule has 9 heteroatoms. The first kappa shape index (κ1) is 21.3. The van der Waals surface area contributed by atoms with Crippen LogP contribution >= 0.6 is 0 Å². The lowest BCUT2D eigenvalue weighted by atomic mass is 10.00. The van der Waals surface area contributed by atoms with E-state index < -0.39 is 10.0 Å². The Kier molecular flexibility index (Phi) is 6.24. The van der Waals surface area contributed by atoms with Crippen molar-refractivity contribution in [1.82, 2.24) is 14.5 Å². The number of hydrogen-bond acceptors (Lipinski definition) is 7. The van der Waals surface area contributed by atoms with E-state index in [2.05, 4.69) is 10.2 Å². The molecule has 4 rings (SSSR count). The molecule has 0 radical (unpaired) electrons. The first-order valence-corrected chi connectivity index (χ1v) is 11.7. The van der Waals surface area contributed by atoms with Crippen molar-refractivity contribution in [3.63, 3.8) is 0 Å². The molecule has 1 aliphatic heterocycles. The number of sulfonamides is 1. The van der Waals surface area contributed by atoms with E-state index in [9.17, 15) is 8.42 Å². The molecule has 31 heavy (non-hydrogen) atoms. The third kappa shape index (κ3) is 4.57. The van der Waals surface area contributed by atoms with Gasteiger partial charge in [0.2, 0.25) is 21.8 Å². The van der Waals surface area contributed by atoms with E-state index in [0.717, 1.165) is 24.2 Å². The van der Waals surface area contributed by atoms with E-state index in [0.29, 0.717) is 37.2 Å². The predicted molar refractivity (Wildman–Crippen MR) is 115 cm³/mol. The molecule has 1 atom stereocenters.